The van der Waals surface area contributed by atoms with E-state index in [-0.39, 0.29) is 5.91 Å². The number of hydrogen-bond donors (Lipinski definition) is 2. The second kappa shape index (κ2) is 9.54. The molecule has 9 heteroatoms. The van der Waals surface area contributed by atoms with Gasteiger partial charge >= 0.3 is 0 Å². The number of fused-ring (bicyclic) bond motifs is 1. The molecule has 0 spiro atoms. The Balaban J connectivity index is 1.40. The lowest BCUT2D eigenvalue weighted by Gasteiger charge is -2.14. The first-order valence-electron chi connectivity index (χ1n) is 11.4. The molecule has 1 fully saturated rings. The van der Waals surface area contributed by atoms with Crippen LogP contribution in [0.4, 0.5) is 11.5 Å². The Morgan fingerprint density at radius 3 is 2.37 bits per heavy atom. The Labute approximate surface area is 203 Å². The van der Waals surface area contributed by atoms with Gasteiger partial charge in [0.05, 0.1) is 33.3 Å². The number of hydrogen-bond acceptors (Lipinski definition) is 7. The number of carbonyl (C=O) groups excluding carboxylic acids is 1. The van der Waals surface area contributed by atoms with Gasteiger partial charge in [-0.05, 0) is 36.6 Å². The van der Waals surface area contributed by atoms with E-state index < -0.39 is 0 Å². The number of para-hydroxylation sites is 1. The second-order valence-corrected chi connectivity index (χ2v) is 8.38. The zero-order chi connectivity index (χ0) is 24.4. The molecule has 0 radical (unpaired) electrons. The summed E-state index contributed by atoms with van der Waals surface area (Å²) in [5.41, 5.74) is 2.65. The van der Waals surface area contributed by atoms with Gasteiger partial charge in [-0.3, -0.25) is 9.36 Å². The molecular formula is C26H27N5O4. The average Bonchev–Trinajstić information content (AvgIpc) is 3.63. The van der Waals surface area contributed by atoms with E-state index in [4.69, 9.17) is 14.2 Å². The molecule has 180 valence electrons. The first-order valence-corrected chi connectivity index (χ1v) is 11.4. The predicted octanol–water partition coefficient (Wildman–Crippen LogP) is 4.01. The average molecular weight is 474 g/mol. The van der Waals surface area contributed by atoms with E-state index in [0.717, 1.165) is 35.0 Å². The van der Waals surface area contributed by atoms with Crippen LogP contribution in [0.2, 0.25) is 0 Å². The van der Waals surface area contributed by atoms with E-state index in [2.05, 4.69) is 20.8 Å². The summed E-state index contributed by atoms with van der Waals surface area (Å²) in [4.78, 5) is 12.4. The van der Waals surface area contributed by atoms with Gasteiger partial charge in [-0.15, -0.1) is 10.2 Å². The number of nitrogens with zero attached hydrogens (tertiary/aromatic N) is 3. The lowest BCUT2D eigenvalue weighted by Crippen LogP contribution is -2.26. The van der Waals surface area contributed by atoms with E-state index in [1.807, 2.05) is 47.2 Å². The fraction of sp³-hybridized carbons (Fsp3) is 0.269. The van der Waals surface area contributed by atoms with Gasteiger partial charge in [0.15, 0.2) is 23.1 Å². The summed E-state index contributed by atoms with van der Waals surface area (Å²) in [6.45, 7) is 0. The highest BCUT2D eigenvalue weighted by molar-refractivity contribution is 5.90. The molecule has 5 rings (SSSR count). The third kappa shape index (κ3) is 4.70. The summed E-state index contributed by atoms with van der Waals surface area (Å²) in [5, 5.41) is 16.1. The number of carbonyl (C=O) groups is 1. The smallest absolute Gasteiger partial charge is 0.224 e. The van der Waals surface area contributed by atoms with Crippen molar-refractivity contribution in [1.82, 2.24) is 20.1 Å². The van der Waals surface area contributed by atoms with E-state index >= 15 is 0 Å². The molecule has 2 aromatic heterocycles. The van der Waals surface area contributed by atoms with E-state index in [9.17, 15) is 4.79 Å². The van der Waals surface area contributed by atoms with Crippen LogP contribution in [0, 0.1) is 0 Å². The first kappa shape index (κ1) is 22.5. The largest absolute Gasteiger partial charge is 0.493 e. The molecule has 1 amide bonds. The highest BCUT2D eigenvalue weighted by Crippen LogP contribution is 2.40. The monoisotopic (exact) mass is 473 g/mol. The fourth-order valence-corrected chi connectivity index (χ4v) is 4.08. The summed E-state index contributed by atoms with van der Waals surface area (Å²) in [7, 11) is 4.70. The molecule has 1 aliphatic carbocycles. The van der Waals surface area contributed by atoms with Crippen molar-refractivity contribution in [1.29, 1.82) is 0 Å². The highest BCUT2D eigenvalue weighted by Gasteiger charge is 2.24. The lowest BCUT2D eigenvalue weighted by atomic mass is 10.1. The summed E-state index contributed by atoms with van der Waals surface area (Å²) in [5.74, 6) is 2.86. The number of rotatable bonds is 9. The number of anilines is 2. The van der Waals surface area contributed by atoms with Crippen molar-refractivity contribution >= 4 is 28.3 Å². The van der Waals surface area contributed by atoms with Gasteiger partial charge in [-0.25, -0.2) is 0 Å². The van der Waals surface area contributed by atoms with Crippen LogP contribution in [0.5, 0.6) is 17.2 Å². The Kier molecular flexibility index (Phi) is 6.13. The fourth-order valence-electron chi connectivity index (χ4n) is 4.08. The summed E-state index contributed by atoms with van der Waals surface area (Å²) >= 11 is 0. The third-order valence-electron chi connectivity index (χ3n) is 5.92. The quantitative estimate of drug-likeness (QED) is 0.379. The molecule has 2 N–H and O–H groups in total. The number of methoxy groups -OCH3 is 3. The molecule has 4 aromatic rings. The molecule has 1 saturated carbocycles. The van der Waals surface area contributed by atoms with Crippen LogP contribution < -0.4 is 24.8 Å². The van der Waals surface area contributed by atoms with Crippen LogP contribution in [0.25, 0.3) is 16.7 Å². The van der Waals surface area contributed by atoms with E-state index in [1.54, 1.807) is 33.5 Å². The van der Waals surface area contributed by atoms with Crippen molar-refractivity contribution in [3.8, 4) is 23.1 Å². The molecule has 2 aromatic carbocycles. The van der Waals surface area contributed by atoms with Crippen molar-refractivity contribution in [2.45, 2.75) is 25.3 Å². The first-order chi connectivity index (χ1) is 17.1. The predicted molar refractivity (Wildman–Crippen MR) is 133 cm³/mol. The molecule has 35 heavy (non-hydrogen) atoms. The summed E-state index contributed by atoms with van der Waals surface area (Å²) in [6.07, 6.45) is 4.44. The Morgan fingerprint density at radius 1 is 1.00 bits per heavy atom. The van der Waals surface area contributed by atoms with Crippen molar-refractivity contribution in [2.24, 2.45) is 0 Å². The van der Waals surface area contributed by atoms with E-state index in [1.165, 1.54) is 0 Å². The Bertz CT molecular complexity index is 1340. The topological polar surface area (TPSA) is 99.5 Å². The number of nitrogens with one attached hydrogen (secondary N) is 2. The molecule has 0 bridgehead atoms. The van der Waals surface area contributed by atoms with Gasteiger partial charge in [-0.1, -0.05) is 18.2 Å². The van der Waals surface area contributed by atoms with Crippen molar-refractivity contribution in [3.05, 3.63) is 60.3 Å². The molecule has 0 unspecified atom stereocenters. The lowest BCUT2D eigenvalue weighted by molar-refractivity contribution is -0.120. The van der Waals surface area contributed by atoms with Crippen LogP contribution >= 0.6 is 0 Å². The minimum Gasteiger partial charge on any atom is -0.493 e. The van der Waals surface area contributed by atoms with Crippen molar-refractivity contribution in [2.75, 3.05) is 26.6 Å². The number of aromatic nitrogens is 3. The van der Waals surface area contributed by atoms with Crippen LogP contribution in [0.1, 0.15) is 18.4 Å². The standard InChI is InChI=1S/C26H27N5O4/c1-33-21-13-18(14-22(34-2)26(21)35-3)27-23-10-11-24(30-29-23)31-15-16(12-25(32)28-17-8-9-17)19-6-4-5-7-20(19)31/h4-7,10-11,13-15,17H,8-9,12H2,1-3H3,(H,27,29)(H,28,32). The maximum Gasteiger partial charge on any atom is 0.224 e. The van der Waals surface area contributed by atoms with Gasteiger partial charge in [0.2, 0.25) is 11.7 Å². The molecule has 2 heterocycles. The molecule has 0 atom stereocenters. The highest BCUT2D eigenvalue weighted by atomic mass is 16.5. The van der Waals surface area contributed by atoms with Gasteiger partial charge in [-0.2, -0.15) is 0 Å². The Hall–Kier alpha value is -4.27. The second-order valence-electron chi connectivity index (χ2n) is 8.38. The third-order valence-corrected chi connectivity index (χ3v) is 5.92. The van der Waals surface area contributed by atoms with Gasteiger partial charge < -0.3 is 24.8 Å². The van der Waals surface area contributed by atoms with Gasteiger partial charge in [0.25, 0.3) is 0 Å². The number of benzene rings is 2. The molecular weight excluding hydrogens is 446 g/mol. The minimum atomic E-state index is 0.0476. The normalized spacial score (nSPS) is 12.9. The maximum absolute atomic E-state index is 12.4. The molecule has 0 saturated heterocycles. The van der Waals surface area contributed by atoms with Crippen LogP contribution in [-0.2, 0) is 11.2 Å². The minimum absolute atomic E-state index is 0.0476. The van der Waals surface area contributed by atoms with E-state index in [0.29, 0.717) is 41.3 Å². The number of amides is 1. The maximum atomic E-state index is 12.4. The van der Waals surface area contributed by atoms with Gasteiger partial charge in [0.1, 0.15) is 0 Å². The molecule has 9 nitrogen and oxygen atoms in total. The van der Waals surface area contributed by atoms with Crippen molar-refractivity contribution < 1.29 is 19.0 Å². The molecule has 0 aliphatic heterocycles. The number of ether oxygens (including phenoxy) is 3. The molecule has 1 aliphatic rings. The van der Waals surface area contributed by atoms with Gasteiger partial charge in [0, 0.05) is 35.4 Å². The SMILES string of the molecule is COc1cc(Nc2ccc(-n3cc(CC(=O)NC4CC4)c4ccccc43)nn2)cc(OC)c1OC. The summed E-state index contributed by atoms with van der Waals surface area (Å²) in [6, 6.07) is 15.7. The van der Waals surface area contributed by atoms with Crippen LogP contribution in [-0.4, -0.2) is 48.0 Å². The van der Waals surface area contributed by atoms with Crippen LogP contribution in [0.3, 0.4) is 0 Å². The van der Waals surface area contributed by atoms with Crippen molar-refractivity contribution in [3.63, 3.8) is 0 Å². The zero-order valence-electron chi connectivity index (χ0n) is 19.9. The summed E-state index contributed by atoms with van der Waals surface area (Å²) < 4.78 is 18.2. The zero-order valence-corrected chi connectivity index (χ0v) is 19.9. The van der Waals surface area contributed by atoms with Crippen LogP contribution in [0.15, 0.2) is 54.7 Å². The Morgan fingerprint density at radius 2 is 1.74 bits per heavy atom.